The van der Waals surface area contributed by atoms with E-state index in [-0.39, 0.29) is 42.6 Å². The zero-order valence-electron chi connectivity index (χ0n) is 16.7. The first-order valence-electron chi connectivity index (χ1n) is 9.86. The summed E-state index contributed by atoms with van der Waals surface area (Å²) < 4.78 is 23.4. The summed E-state index contributed by atoms with van der Waals surface area (Å²) >= 11 is 0. The summed E-state index contributed by atoms with van der Waals surface area (Å²) in [5.41, 5.74) is 1.07. The van der Waals surface area contributed by atoms with Crippen LogP contribution in [0.1, 0.15) is 29.6 Å². The highest BCUT2D eigenvalue weighted by Gasteiger charge is 2.33. The van der Waals surface area contributed by atoms with E-state index in [0.717, 1.165) is 5.56 Å². The van der Waals surface area contributed by atoms with E-state index in [4.69, 9.17) is 9.26 Å². The number of benzene rings is 2. The van der Waals surface area contributed by atoms with Crippen LogP contribution in [0, 0.1) is 5.82 Å². The highest BCUT2D eigenvalue weighted by molar-refractivity contribution is 5.79. The first kappa shape index (κ1) is 20.5. The molecule has 160 valence electrons. The minimum absolute atomic E-state index is 0.0476. The average molecular weight is 424 g/mol. The van der Waals surface area contributed by atoms with Crippen molar-refractivity contribution in [3.05, 3.63) is 77.7 Å². The maximum Gasteiger partial charge on any atom is 0.258 e. The first-order chi connectivity index (χ1) is 15.1. The smallest absolute Gasteiger partial charge is 0.258 e. The Morgan fingerprint density at radius 3 is 2.74 bits per heavy atom. The lowest BCUT2D eigenvalue weighted by molar-refractivity contribution is -0.128. The van der Waals surface area contributed by atoms with Crippen LogP contribution in [0.25, 0.3) is 0 Å². The third-order valence-corrected chi connectivity index (χ3v) is 4.90. The monoisotopic (exact) mass is 424 g/mol. The topological polar surface area (TPSA) is 97.6 Å². The van der Waals surface area contributed by atoms with Gasteiger partial charge in [0.15, 0.2) is 12.4 Å². The van der Waals surface area contributed by atoms with Gasteiger partial charge in [-0.05, 0) is 29.8 Å². The second kappa shape index (κ2) is 9.38. The maximum absolute atomic E-state index is 12.9. The first-order valence-corrected chi connectivity index (χ1v) is 9.86. The molecule has 1 aliphatic rings. The number of nitrogens with zero attached hydrogens (tertiary/aromatic N) is 3. The molecule has 1 saturated heterocycles. The number of amides is 2. The Morgan fingerprint density at radius 1 is 1.19 bits per heavy atom. The van der Waals surface area contributed by atoms with Crippen molar-refractivity contribution in [2.24, 2.45) is 0 Å². The number of ether oxygens (including phenoxy) is 1. The van der Waals surface area contributed by atoms with Crippen LogP contribution in [0.2, 0.25) is 0 Å². The van der Waals surface area contributed by atoms with Crippen LogP contribution < -0.4 is 10.1 Å². The van der Waals surface area contributed by atoms with E-state index in [0.29, 0.717) is 31.1 Å². The number of hydrogen-bond acceptors (Lipinski definition) is 6. The van der Waals surface area contributed by atoms with Gasteiger partial charge in [-0.2, -0.15) is 4.98 Å². The zero-order chi connectivity index (χ0) is 21.6. The molecular formula is C22H21FN4O4. The van der Waals surface area contributed by atoms with Crippen molar-refractivity contribution >= 4 is 11.8 Å². The van der Waals surface area contributed by atoms with Crippen molar-refractivity contribution in [2.75, 3.05) is 13.2 Å². The van der Waals surface area contributed by atoms with Crippen LogP contribution in [0.4, 0.5) is 4.39 Å². The lowest BCUT2D eigenvalue weighted by Crippen LogP contribution is -2.28. The number of carbonyl (C=O) groups excluding carboxylic acids is 2. The van der Waals surface area contributed by atoms with Gasteiger partial charge in [-0.25, -0.2) is 4.39 Å². The van der Waals surface area contributed by atoms with Crippen LogP contribution in [0.15, 0.2) is 59.1 Å². The van der Waals surface area contributed by atoms with Crippen LogP contribution in [0.5, 0.6) is 5.75 Å². The molecule has 1 fully saturated rings. The Morgan fingerprint density at radius 2 is 1.97 bits per heavy atom. The van der Waals surface area contributed by atoms with Crippen molar-refractivity contribution < 1.29 is 23.2 Å². The molecular weight excluding hydrogens is 403 g/mol. The third kappa shape index (κ3) is 5.44. The Hall–Kier alpha value is -3.75. The molecule has 1 aromatic heterocycles. The van der Waals surface area contributed by atoms with Crippen LogP contribution >= 0.6 is 0 Å². The van der Waals surface area contributed by atoms with Gasteiger partial charge in [0.2, 0.25) is 11.8 Å². The highest BCUT2D eigenvalue weighted by Crippen LogP contribution is 2.27. The second-order valence-corrected chi connectivity index (χ2v) is 7.23. The average Bonchev–Trinajstić information content (AvgIpc) is 3.39. The molecule has 1 N–H and O–H groups in total. The van der Waals surface area contributed by atoms with E-state index in [1.54, 1.807) is 4.90 Å². The Labute approximate surface area is 178 Å². The molecule has 2 heterocycles. The van der Waals surface area contributed by atoms with Crippen LogP contribution in [-0.2, 0) is 22.7 Å². The summed E-state index contributed by atoms with van der Waals surface area (Å²) in [5.74, 6) is 0.236. The van der Waals surface area contributed by atoms with E-state index < -0.39 is 0 Å². The fraction of sp³-hybridized carbons (Fsp3) is 0.273. The van der Waals surface area contributed by atoms with Gasteiger partial charge in [0.05, 0.1) is 6.54 Å². The normalized spacial score (nSPS) is 15.8. The number of nitrogens with one attached hydrogen (secondary N) is 1. The SMILES string of the molecule is O=C(COc1ccc(F)cc1)NCc1nc([C@@H]2CC(=O)N(Cc3ccccc3)C2)no1. The summed E-state index contributed by atoms with van der Waals surface area (Å²) in [5, 5.41) is 6.59. The summed E-state index contributed by atoms with van der Waals surface area (Å²) in [4.78, 5) is 30.4. The number of rotatable bonds is 8. The fourth-order valence-corrected chi connectivity index (χ4v) is 3.31. The summed E-state index contributed by atoms with van der Waals surface area (Å²) in [6.45, 7) is 0.890. The standard InChI is InChI=1S/C22H21FN4O4/c23-17-6-8-18(9-7-17)30-14-19(28)24-11-20-25-22(26-31-20)16-10-21(29)27(13-16)12-15-4-2-1-3-5-15/h1-9,16H,10-14H2,(H,24,28)/t16-/m1/s1. The van der Waals surface area contributed by atoms with Crippen LogP contribution in [0.3, 0.4) is 0 Å². The lowest BCUT2D eigenvalue weighted by atomic mass is 10.1. The predicted molar refractivity (Wildman–Crippen MR) is 107 cm³/mol. The molecule has 2 aromatic carbocycles. The van der Waals surface area contributed by atoms with Crippen molar-refractivity contribution in [3.8, 4) is 5.75 Å². The third-order valence-electron chi connectivity index (χ3n) is 4.90. The Bertz CT molecular complexity index is 1040. The molecule has 2 amide bonds. The van der Waals surface area contributed by atoms with E-state index in [1.807, 2.05) is 30.3 Å². The Kier molecular flexibility index (Phi) is 6.21. The highest BCUT2D eigenvalue weighted by atomic mass is 19.1. The molecule has 0 spiro atoms. The van der Waals surface area contributed by atoms with E-state index in [9.17, 15) is 14.0 Å². The van der Waals surface area contributed by atoms with Gasteiger partial charge in [0, 0.05) is 25.4 Å². The molecule has 8 nitrogen and oxygen atoms in total. The van der Waals surface area contributed by atoms with Crippen molar-refractivity contribution in [3.63, 3.8) is 0 Å². The fourth-order valence-electron chi connectivity index (χ4n) is 3.31. The number of likely N-dealkylation sites (tertiary alicyclic amines) is 1. The molecule has 0 bridgehead atoms. The largest absolute Gasteiger partial charge is 0.484 e. The van der Waals surface area contributed by atoms with Gasteiger partial charge < -0.3 is 19.5 Å². The number of carbonyl (C=O) groups is 2. The molecule has 9 heteroatoms. The van der Waals surface area contributed by atoms with Gasteiger partial charge in [-0.1, -0.05) is 35.5 Å². The summed E-state index contributed by atoms with van der Waals surface area (Å²) in [7, 11) is 0. The second-order valence-electron chi connectivity index (χ2n) is 7.23. The molecule has 3 aromatic rings. The number of hydrogen-bond donors (Lipinski definition) is 1. The molecule has 31 heavy (non-hydrogen) atoms. The van der Waals surface area contributed by atoms with Crippen molar-refractivity contribution in [1.29, 1.82) is 0 Å². The zero-order valence-corrected chi connectivity index (χ0v) is 16.7. The quantitative estimate of drug-likeness (QED) is 0.597. The van der Waals surface area contributed by atoms with E-state index in [1.165, 1.54) is 24.3 Å². The van der Waals surface area contributed by atoms with Crippen LogP contribution in [-0.4, -0.2) is 40.0 Å². The van der Waals surface area contributed by atoms with Crippen molar-refractivity contribution in [2.45, 2.75) is 25.4 Å². The summed E-state index contributed by atoms with van der Waals surface area (Å²) in [6.07, 6.45) is 0.323. The molecule has 1 atom stereocenters. The molecule has 0 unspecified atom stereocenters. The molecule has 0 aliphatic carbocycles. The Balaban J connectivity index is 1.25. The van der Waals surface area contributed by atoms with Crippen molar-refractivity contribution in [1.82, 2.24) is 20.4 Å². The maximum atomic E-state index is 12.9. The molecule has 0 saturated carbocycles. The molecule has 1 aliphatic heterocycles. The summed E-state index contributed by atoms with van der Waals surface area (Å²) in [6, 6.07) is 15.2. The minimum atomic E-state index is -0.380. The predicted octanol–water partition coefficient (Wildman–Crippen LogP) is 2.42. The van der Waals surface area contributed by atoms with Gasteiger partial charge in [0.1, 0.15) is 11.6 Å². The number of halogens is 1. The van der Waals surface area contributed by atoms with Gasteiger partial charge in [-0.15, -0.1) is 0 Å². The van der Waals surface area contributed by atoms with E-state index >= 15 is 0 Å². The van der Waals surface area contributed by atoms with Gasteiger partial charge >= 0.3 is 0 Å². The van der Waals surface area contributed by atoms with Gasteiger partial charge in [-0.3, -0.25) is 9.59 Å². The number of aromatic nitrogens is 2. The minimum Gasteiger partial charge on any atom is -0.484 e. The lowest BCUT2D eigenvalue weighted by Gasteiger charge is -2.15. The molecule has 0 radical (unpaired) electrons. The van der Waals surface area contributed by atoms with Gasteiger partial charge in [0.25, 0.3) is 5.91 Å². The molecule has 4 rings (SSSR count). The van der Waals surface area contributed by atoms with E-state index in [2.05, 4.69) is 15.5 Å².